The minimum atomic E-state index is 0.374. The van der Waals surface area contributed by atoms with Crippen molar-refractivity contribution in [3.63, 3.8) is 0 Å². The molecule has 4 rings (SSSR count). The van der Waals surface area contributed by atoms with Gasteiger partial charge in [0.2, 0.25) is 5.89 Å². The molecule has 0 atom stereocenters. The van der Waals surface area contributed by atoms with Gasteiger partial charge in [-0.05, 0) is 50.0 Å². The maximum atomic E-state index is 5.71. The fourth-order valence-corrected chi connectivity index (χ4v) is 4.04. The molecule has 0 aliphatic carbocycles. The summed E-state index contributed by atoms with van der Waals surface area (Å²) < 4.78 is 8.62. The number of para-hydroxylation sites is 1. The van der Waals surface area contributed by atoms with Crippen molar-refractivity contribution in [2.24, 2.45) is 0 Å². The molecule has 0 radical (unpaired) electrons. The third-order valence-electron chi connectivity index (χ3n) is 4.10. The smallest absolute Gasteiger partial charge is 0.288 e. The van der Waals surface area contributed by atoms with E-state index in [9.17, 15) is 0 Å². The Kier molecular flexibility index (Phi) is 4.67. The summed E-state index contributed by atoms with van der Waals surface area (Å²) in [4.78, 5) is 7.18. The fraction of sp³-hybridized carbons (Fsp3) is 0.211. The van der Waals surface area contributed by atoms with Crippen LogP contribution >= 0.6 is 23.6 Å². The number of rotatable bonds is 5. The van der Waals surface area contributed by atoms with E-state index < -0.39 is 0 Å². The Morgan fingerprint density at radius 1 is 1.15 bits per heavy atom. The van der Waals surface area contributed by atoms with Gasteiger partial charge in [0.05, 0.1) is 23.4 Å². The minimum absolute atomic E-state index is 0.374. The Hall–Kier alpha value is -2.35. The number of aromatic nitrogens is 3. The fourth-order valence-electron chi connectivity index (χ4n) is 2.81. The van der Waals surface area contributed by atoms with Crippen LogP contribution in [0.15, 0.2) is 52.9 Å². The van der Waals surface area contributed by atoms with Crippen LogP contribution in [0.3, 0.4) is 0 Å². The Labute approximate surface area is 160 Å². The highest BCUT2D eigenvalue weighted by Crippen LogP contribution is 2.23. The van der Waals surface area contributed by atoms with Crippen molar-refractivity contribution >= 4 is 33.8 Å². The first kappa shape index (κ1) is 17.1. The van der Waals surface area contributed by atoms with Gasteiger partial charge in [0, 0.05) is 5.56 Å². The number of hydrogen-bond donors (Lipinski definition) is 0. The van der Waals surface area contributed by atoms with E-state index in [2.05, 4.69) is 21.0 Å². The van der Waals surface area contributed by atoms with E-state index in [1.54, 1.807) is 16.0 Å². The second kappa shape index (κ2) is 7.11. The molecule has 0 unspecified atom stereocenters. The van der Waals surface area contributed by atoms with Crippen LogP contribution < -0.4 is 0 Å². The molecule has 2 aromatic heterocycles. The summed E-state index contributed by atoms with van der Waals surface area (Å²) in [5, 5.41) is 5.62. The lowest BCUT2D eigenvalue weighted by Crippen LogP contribution is -2.22. The highest BCUT2D eigenvalue weighted by molar-refractivity contribution is 7.71. The maximum Gasteiger partial charge on any atom is 0.288 e. The van der Waals surface area contributed by atoms with Gasteiger partial charge in [0.25, 0.3) is 4.84 Å². The average molecular weight is 383 g/mol. The third kappa shape index (κ3) is 3.46. The van der Waals surface area contributed by atoms with Crippen LogP contribution in [0, 0.1) is 11.8 Å². The average Bonchev–Trinajstić information content (AvgIpc) is 3.18. The van der Waals surface area contributed by atoms with Crippen LogP contribution in [-0.2, 0) is 13.2 Å². The Morgan fingerprint density at radius 2 is 1.92 bits per heavy atom. The molecule has 0 aliphatic rings. The zero-order valence-electron chi connectivity index (χ0n) is 14.5. The van der Waals surface area contributed by atoms with E-state index in [-0.39, 0.29) is 0 Å². The highest BCUT2D eigenvalue weighted by atomic mass is 32.1. The quantitative estimate of drug-likeness (QED) is 0.460. The number of benzene rings is 2. The van der Waals surface area contributed by atoms with E-state index in [0.29, 0.717) is 17.4 Å². The molecule has 0 bridgehead atoms. The van der Waals surface area contributed by atoms with Crippen molar-refractivity contribution in [3.05, 3.63) is 63.9 Å². The summed E-state index contributed by atoms with van der Waals surface area (Å²) in [6.07, 6.45) is 0. The van der Waals surface area contributed by atoms with Crippen LogP contribution in [0.25, 0.3) is 21.7 Å². The molecule has 0 saturated heterocycles. The first-order valence-corrected chi connectivity index (χ1v) is 9.49. The maximum absolute atomic E-state index is 5.71. The minimum Gasteiger partial charge on any atom is -0.409 e. The zero-order chi connectivity index (χ0) is 18.1. The van der Waals surface area contributed by atoms with Crippen molar-refractivity contribution < 1.29 is 4.42 Å². The van der Waals surface area contributed by atoms with Gasteiger partial charge < -0.3 is 4.42 Å². The summed E-state index contributed by atoms with van der Waals surface area (Å²) in [5.74, 6) is 0.557. The van der Waals surface area contributed by atoms with Gasteiger partial charge in [0.15, 0.2) is 0 Å². The van der Waals surface area contributed by atoms with Crippen molar-refractivity contribution in [1.29, 1.82) is 0 Å². The summed E-state index contributed by atoms with van der Waals surface area (Å²) in [7, 11) is 2.02. The second-order valence-electron chi connectivity index (χ2n) is 6.22. The lowest BCUT2D eigenvalue weighted by molar-refractivity contribution is 0.240. The zero-order valence-corrected chi connectivity index (χ0v) is 16.2. The largest absolute Gasteiger partial charge is 0.409 e. The van der Waals surface area contributed by atoms with Crippen molar-refractivity contribution in [3.8, 4) is 11.5 Å². The first-order valence-electron chi connectivity index (χ1n) is 8.27. The predicted molar refractivity (Wildman–Crippen MR) is 107 cm³/mol. The summed E-state index contributed by atoms with van der Waals surface area (Å²) in [6, 6.07) is 16.2. The highest BCUT2D eigenvalue weighted by Gasteiger charge is 2.13. The molecule has 26 heavy (non-hydrogen) atoms. The number of fused-ring (bicyclic) bond motifs is 1. The molecule has 7 heteroatoms. The molecule has 132 valence electrons. The van der Waals surface area contributed by atoms with Crippen LogP contribution in [0.4, 0.5) is 0 Å². The molecule has 4 aromatic rings. The molecule has 2 heterocycles. The van der Waals surface area contributed by atoms with Crippen LogP contribution in [0.2, 0.25) is 0 Å². The monoisotopic (exact) mass is 382 g/mol. The van der Waals surface area contributed by atoms with Crippen LogP contribution in [-0.4, -0.2) is 26.7 Å². The molecule has 0 saturated carbocycles. The lowest BCUT2D eigenvalue weighted by Gasteiger charge is -2.13. The number of nitrogens with zero attached hydrogens (tertiary/aromatic N) is 4. The van der Waals surface area contributed by atoms with E-state index >= 15 is 0 Å². The first-order chi connectivity index (χ1) is 12.6. The van der Waals surface area contributed by atoms with Gasteiger partial charge >= 0.3 is 0 Å². The third-order valence-corrected chi connectivity index (χ3v) is 5.42. The summed E-state index contributed by atoms with van der Waals surface area (Å²) in [5.41, 5.74) is 3.12. The summed E-state index contributed by atoms with van der Waals surface area (Å²) >= 11 is 7.06. The molecule has 0 amide bonds. The molecule has 2 aromatic carbocycles. The van der Waals surface area contributed by atoms with E-state index in [0.717, 1.165) is 28.2 Å². The molecule has 0 aliphatic heterocycles. The molecule has 0 fully saturated rings. The van der Waals surface area contributed by atoms with Gasteiger partial charge in [-0.15, -0.1) is 16.4 Å². The van der Waals surface area contributed by atoms with E-state index in [4.69, 9.17) is 16.6 Å². The number of aryl methyl sites for hydroxylation is 1. The van der Waals surface area contributed by atoms with Gasteiger partial charge in [-0.3, -0.25) is 4.90 Å². The van der Waals surface area contributed by atoms with Crippen molar-refractivity contribution in [2.75, 3.05) is 7.05 Å². The molecule has 0 N–H and O–H groups in total. The molecular weight excluding hydrogens is 364 g/mol. The Balaban J connectivity index is 1.52. The SMILES string of the molecule is Cc1ccccc1-c1nn(CN(C)Cc2nc3ccccc3s2)c(=S)o1. The second-order valence-corrected chi connectivity index (χ2v) is 7.68. The van der Waals surface area contributed by atoms with Crippen molar-refractivity contribution in [2.45, 2.75) is 20.1 Å². The van der Waals surface area contributed by atoms with E-state index in [1.165, 1.54) is 4.70 Å². The van der Waals surface area contributed by atoms with Crippen LogP contribution in [0.1, 0.15) is 10.6 Å². The van der Waals surface area contributed by atoms with Gasteiger partial charge in [0.1, 0.15) is 5.01 Å². The lowest BCUT2D eigenvalue weighted by atomic mass is 10.1. The predicted octanol–water partition coefficient (Wildman–Crippen LogP) is 4.88. The Bertz CT molecular complexity index is 1080. The number of hydrogen-bond acceptors (Lipinski definition) is 6. The standard InChI is InChI=1S/C19H18N4OS2/c1-13-7-3-4-8-14(13)18-21-23(19(25)24-18)12-22(2)11-17-20-15-9-5-6-10-16(15)26-17/h3-10H,11-12H2,1-2H3. The molecule has 0 spiro atoms. The molecular formula is C19H18N4OS2. The van der Waals surface area contributed by atoms with Gasteiger partial charge in [-0.2, -0.15) is 0 Å². The van der Waals surface area contributed by atoms with Gasteiger partial charge in [-0.1, -0.05) is 30.3 Å². The Morgan fingerprint density at radius 3 is 2.73 bits per heavy atom. The van der Waals surface area contributed by atoms with Gasteiger partial charge in [-0.25, -0.2) is 9.67 Å². The van der Waals surface area contributed by atoms with Crippen molar-refractivity contribution in [1.82, 2.24) is 19.7 Å². The van der Waals surface area contributed by atoms with E-state index in [1.807, 2.05) is 56.4 Å². The number of thiazole rings is 1. The topological polar surface area (TPSA) is 47.1 Å². The normalized spacial score (nSPS) is 11.5. The summed E-state index contributed by atoms with van der Waals surface area (Å²) in [6.45, 7) is 3.31. The van der Waals surface area contributed by atoms with Crippen LogP contribution in [0.5, 0.6) is 0 Å². The molecule has 5 nitrogen and oxygen atoms in total.